The molecule has 0 aromatic heterocycles. The standard InChI is InChI=1S/C24H30N2O7/c1-14-11-16(15-3-2-4-17(12-15)23(31)26-9-7-25-8-10-26)5-6-18(14)32-24-22(30)21(29)20(28)19(13-27)33-24/h2-6,11-12,19-22,24-25,27-30H,7-10,13H2,1H3. The van der Waals surface area contributed by atoms with Gasteiger partial charge in [-0.15, -0.1) is 0 Å². The van der Waals surface area contributed by atoms with Gasteiger partial charge in [-0.05, 0) is 47.9 Å². The Balaban J connectivity index is 1.50. The molecule has 0 bridgehead atoms. The number of aryl methyl sites for hydroxylation is 1. The van der Waals surface area contributed by atoms with Crippen molar-refractivity contribution < 1.29 is 34.7 Å². The topological polar surface area (TPSA) is 132 Å². The van der Waals surface area contributed by atoms with E-state index >= 15 is 0 Å². The second-order valence-electron chi connectivity index (χ2n) is 8.42. The van der Waals surface area contributed by atoms with E-state index < -0.39 is 37.3 Å². The highest BCUT2D eigenvalue weighted by Gasteiger charge is 2.44. The van der Waals surface area contributed by atoms with E-state index in [9.17, 15) is 25.2 Å². The summed E-state index contributed by atoms with van der Waals surface area (Å²) in [5, 5.41) is 42.7. The van der Waals surface area contributed by atoms with Gasteiger partial charge < -0.3 is 40.1 Å². The third kappa shape index (κ3) is 5.03. The molecule has 4 rings (SSSR count). The summed E-state index contributed by atoms with van der Waals surface area (Å²) in [7, 11) is 0. The first-order valence-electron chi connectivity index (χ1n) is 11.1. The lowest BCUT2D eigenvalue weighted by Crippen LogP contribution is -2.60. The second kappa shape index (κ2) is 10.2. The molecule has 0 spiro atoms. The highest BCUT2D eigenvalue weighted by atomic mass is 16.7. The summed E-state index contributed by atoms with van der Waals surface area (Å²) < 4.78 is 11.2. The molecule has 2 heterocycles. The Morgan fingerprint density at radius 1 is 1.06 bits per heavy atom. The maximum Gasteiger partial charge on any atom is 0.253 e. The fourth-order valence-corrected chi connectivity index (χ4v) is 4.13. The molecule has 0 radical (unpaired) electrons. The highest BCUT2D eigenvalue weighted by molar-refractivity contribution is 5.95. The van der Waals surface area contributed by atoms with Crippen LogP contribution in [0, 0.1) is 6.92 Å². The number of aliphatic hydroxyl groups is 4. The number of amides is 1. The Kier molecular flexibility index (Phi) is 7.28. The van der Waals surface area contributed by atoms with Crippen molar-refractivity contribution in [1.82, 2.24) is 10.2 Å². The summed E-state index contributed by atoms with van der Waals surface area (Å²) in [5.41, 5.74) is 3.17. The van der Waals surface area contributed by atoms with E-state index in [0.717, 1.165) is 29.8 Å². The molecule has 33 heavy (non-hydrogen) atoms. The van der Waals surface area contributed by atoms with Gasteiger partial charge in [-0.1, -0.05) is 18.2 Å². The van der Waals surface area contributed by atoms with Gasteiger partial charge in [-0.3, -0.25) is 4.79 Å². The number of carbonyl (C=O) groups excluding carboxylic acids is 1. The van der Waals surface area contributed by atoms with Gasteiger partial charge in [0.15, 0.2) is 0 Å². The van der Waals surface area contributed by atoms with Gasteiger partial charge in [-0.2, -0.15) is 0 Å². The van der Waals surface area contributed by atoms with Crippen molar-refractivity contribution in [3.63, 3.8) is 0 Å². The van der Waals surface area contributed by atoms with Crippen molar-refractivity contribution in [1.29, 1.82) is 0 Å². The number of hydrogen-bond acceptors (Lipinski definition) is 8. The van der Waals surface area contributed by atoms with Gasteiger partial charge in [-0.25, -0.2) is 0 Å². The van der Waals surface area contributed by atoms with Crippen LogP contribution in [-0.4, -0.2) is 94.7 Å². The summed E-state index contributed by atoms with van der Waals surface area (Å²) >= 11 is 0. The van der Waals surface area contributed by atoms with Crippen LogP contribution in [-0.2, 0) is 4.74 Å². The Labute approximate surface area is 192 Å². The molecule has 2 aliphatic rings. The molecule has 2 fully saturated rings. The molecule has 9 heteroatoms. The lowest BCUT2D eigenvalue weighted by Gasteiger charge is -2.39. The van der Waals surface area contributed by atoms with Gasteiger partial charge in [0.1, 0.15) is 30.2 Å². The van der Waals surface area contributed by atoms with Crippen LogP contribution < -0.4 is 10.1 Å². The molecule has 1 amide bonds. The predicted molar refractivity (Wildman–Crippen MR) is 120 cm³/mol. The number of nitrogens with zero attached hydrogens (tertiary/aromatic N) is 1. The Hall–Kier alpha value is -2.53. The fraction of sp³-hybridized carbons (Fsp3) is 0.458. The monoisotopic (exact) mass is 458 g/mol. The van der Waals surface area contributed by atoms with Crippen LogP contribution in [0.2, 0.25) is 0 Å². The smallest absolute Gasteiger partial charge is 0.253 e. The van der Waals surface area contributed by atoms with E-state index in [1.807, 2.05) is 48.2 Å². The molecule has 5 unspecified atom stereocenters. The lowest BCUT2D eigenvalue weighted by molar-refractivity contribution is -0.277. The molecule has 2 aliphatic heterocycles. The number of ether oxygens (including phenoxy) is 2. The summed E-state index contributed by atoms with van der Waals surface area (Å²) in [6.45, 7) is 4.27. The molecular formula is C24H30N2O7. The fourth-order valence-electron chi connectivity index (χ4n) is 4.13. The van der Waals surface area contributed by atoms with E-state index in [0.29, 0.717) is 24.4 Å². The van der Waals surface area contributed by atoms with E-state index in [1.54, 1.807) is 6.07 Å². The first-order valence-corrected chi connectivity index (χ1v) is 11.1. The minimum absolute atomic E-state index is 0.0117. The third-order valence-corrected chi connectivity index (χ3v) is 6.11. The maximum absolute atomic E-state index is 12.8. The van der Waals surface area contributed by atoms with Crippen molar-refractivity contribution in [2.24, 2.45) is 0 Å². The van der Waals surface area contributed by atoms with Crippen LogP contribution in [0.3, 0.4) is 0 Å². The van der Waals surface area contributed by atoms with Gasteiger partial charge in [0.2, 0.25) is 6.29 Å². The number of piperazine rings is 1. The Bertz CT molecular complexity index is 977. The molecular weight excluding hydrogens is 428 g/mol. The molecule has 5 atom stereocenters. The van der Waals surface area contributed by atoms with Crippen LogP contribution in [0.15, 0.2) is 42.5 Å². The van der Waals surface area contributed by atoms with Crippen molar-refractivity contribution in [2.45, 2.75) is 37.6 Å². The van der Waals surface area contributed by atoms with Gasteiger partial charge >= 0.3 is 0 Å². The highest BCUT2D eigenvalue weighted by Crippen LogP contribution is 2.30. The molecule has 2 aromatic carbocycles. The van der Waals surface area contributed by atoms with Crippen molar-refractivity contribution in [3.8, 4) is 16.9 Å². The van der Waals surface area contributed by atoms with E-state index in [1.165, 1.54) is 0 Å². The number of aliphatic hydroxyl groups excluding tert-OH is 4. The first-order chi connectivity index (χ1) is 15.9. The number of nitrogens with one attached hydrogen (secondary N) is 1. The molecule has 0 saturated carbocycles. The molecule has 2 aromatic rings. The molecule has 178 valence electrons. The van der Waals surface area contributed by atoms with Crippen LogP contribution in [0.1, 0.15) is 15.9 Å². The first kappa shape index (κ1) is 23.6. The van der Waals surface area contributed by atoms with Gasteiger partial charge in [0.05, 0.1) is 6.61 Å². The SMILES string of the molecule is Cc1cc(-c2cccc(C(=O)N3CCNCC3)c2)ccc1OC1OC(CO)C(O)C(O)C1O. The largest absolute Gasteiger partial charge is 0.462 e. The van der Waals surface area contributed by atoms with Crippen LogP contribution in [0.5, 0.6) is 5.75 Å². The molecule has 5 N–H and O–H groups in total. The molecule has 9 nitrogen and oxygen atoms in total. The van der Waals surface area contributed by atoms with Crippen LogP contribution in [0.4, 0.5) is 0 Å². The minimum atomic E-state index is -1.50. The molecule has 0 aliphatic carbocycles. The average Bonchev–Trinajstić information content (AvgIpc) is 2.85. The van der Waals surface area contributed by atoms with Crippen molar-refractivity contribution >= 4 is 5.91 Å². The number of carbonyl (C=O) groups is 1. The summed E-state index contributed by atoms with van der Waals surface area (Å²) in [4.78, 5) is 14.7. The number of benzene rings is 2. The second-order valence-corrected chi connectivity index (χ2v) is 8.42. The maximum atomic E-state index is 12.8. The predicted octanol–water partition coefficient (Wildman–Crippen LogP) is -0.114. The zero-order valence-electron chi connectivity index (χ0n) is 18.4. The summed E-state index contributed by atoms with van der Waals surface area (Å²) in [5.74, 6) is 0.439. The average molecular weight is 459 g/mol. The number of hydrogen-bond donors (Lipinski definition) is 5. The minimum Gasteiger partial charge on any atom is -0.462 e. The van der Waals surface area contributed by atoms with Crippen LogP contribution in [0.25, 0.3) is 11.1 Å². The third-order valence-electron chi connectivity index (χ3n) is 6.11. The van der Waals surface area contributed by atoms with Crippen molar-refractivity contribution in [3.05, 3.63) is 53.6 Å². The van der Waals surface area contributed by atoms with Gasteiger partial charge in [0, 0.05) is 31.7 Å². The Morgan fingerprint density at radius 3 is 2.48 bits per heavy atom. The Morgan fingerprint density at radius 2 is 1.79 bits per heavy atom. The zero-order chi connectivity index (χ0) is 23.5. The lowest BCUT2D eigenvalue weighted by atomic mass is 9.99. The number of rotatable bonds is 5. The zero-order valence-corrected chi connectivity index (χ0v) is 18.4. The summed E-state index contributed by atoms with van der Waals surface area (Å²) in [6.07, 6.45) is -6.70. The van der Waals surface area contributed by atoms with Crippen LogP contribution >= 0.6 is 0 Å². The normalized spacial score (nSPS) is 27.9. The van der Waals surface area contributed by atoms with E-state index in [-0.39, 0.29) is 5.91 Å². The quantitative estimate of drug-likeness (QED) is 0.419. The molecule has 2 saturated heterocycles. The van der Waals surface area contributed by atoms with Crippen molar-refractivity contribution in [2.75, 3.05) is 32.8 Å². The van der Waals surface area contributed by atoms with E-state index in [4.69, 9.17) is 9.47 Å². The van der Waals surface area contributed by atoms with Gasteiger partial charge in [0.25, 0.3) is 5.91 Å². The summed E-state index contributed by atoms with van der Waals surface area (Å²) in [6, 6.07) is 12.9. The van der Waals surface area contributed by atoms with E-state index in [2.05, 4.69) is 5.32 Å².